The number of hydrogen-bond acceptors (Lipinski definition) is 6. The second-order valence-electron chi connectivity index (χ2n) is 9.06. The van der Waals surface area contributed by atoms with Crippen LogP contribution in [0.2, 0.25) is 0 Å². The summed E-state index contributed by atoms with van der Waals surface area (Å²) in [6.45, 7) is 5.28. The van der Waals surface area contributed by atoms with Gasteiger partial charge in [-0.3, -0.25) is 0 Å². The fourth-order valence-corrected chi connectivity index (χ4v) is 6.17. The Morgan fingerprint density at radius 1 is 1.00 bits per heavy atom. The Labute approximate surface area is 224 Å². The van der Waals surface area contributed by atoms with Crippen LogP contribution in [0.15, 0.2) is 77.7 Å². The van der Waals surface area contributed by atoms with E-state index >= 15 is 0 Å². The van der Waals surface area contributed by atoms with Crippen LogP contribution in [0.25, 0.3) is 0 Å². The third-order valence-corrected chi connectivity index (χ3v) is 8.31. The molecule has 0 amide bonds. The normalized spacial score (nSPS) is 16.4. The zero-order chi connectivity index (χ0) is 26.8. The number of halogens is 1. The van der Waals surface area contributed by atoms with Gasteiger partial charge in [0.05, 0.1) is 25.9 Å². The van der Waals surface area contributed by atoms with E-state index in [0.717, 1.165) is 22.8 Å². The number of fused-ring (bicyclic) bond motifs is 1. The smallest absolute Gasteiger partial charge is 0.247 e. The maximum atomic E-state index is 14.4. The van der Waals surface area contributed by atoms with Crippen molar-refractivity contribution in [1.29, 1.82) is 0 Å². The lowest BCUT2D eigenvalue weighted by molar-refractivity contribution is 0.0673. The summed E-state index contributed by atoms with van der Waals surface area (Å²) in [6.07, 6.45) is 0.456. The van der Waals surface area contributed by atoms with Crippen LogP contribution in [-0.2, 0) is 39.1 Å². The van der Waals surface area contributed by atoms with Gasteiger partial charge in [-0.1, -0.05) is 54.6 Å². The number of sulfonamides is 1. The first kappa shape index (κ1) is 28.2. The molecular formula is C29H35FN2O5S. The van der Waals surface area contributed by atoms with Gasteiger partial charge in [0.2, 0.25) is 10.0 Å². The quantitative estimate of drug-likeness (QED) is 0.347. The Hall–Kier alpha value is -2.82. The van der Waals surface area contributed by atoms with Gasteiger partial charge in [-0.25, -0.2) is 12.8 Å². The van der Waals surface area contributed by atoms with E-state index in [9.17, 15) is 12.8 Å². The van der Waals surface area contributed by atoms with E-state index < -0.39 is 21.9 Å². The van der Waals surface area contributed by atoms with Crippen LogP contribution < -0.4 is 10.1 Å². The van der Waals surface area contributed by atoms with E-state index in [2.05, 4.69) is 5.32 Å². The minimum Gasteiger partial charge on any atom is -0.491 e. The van der Waals surface area contributed by atoms with E-state index in [0.29, 0.717) is 39.3 Å². The van der Waals surface area contributed by atoms with Crippen molar-refractivity contribution in [3.63, 3.8) is 0 Å². The predicted octanol–water partition coefficient (Wildman–Crippen LogP) is 4.16. The Balaban J connectivity index is 1.63. The van der Waals surface area contributed by atoms with Gasteiger partial charge >= 0.3 is 0 Å². The molecular weight excluding hydrogens is 507 g/mol. The number of nitrogens with zero attached hydrogens (tertiary/aromatic N) is 1. The molecule has 0 radical (unpaired) electrons. The second-order valence-corrected chi connectivity index (χ2v) is 10.9. The highest BCUT2D eigenvalue weighted by atomic mass is 32.2. The molecule has 1 aliphatic heterocycles. The van der Waals surface area contributed by atoms with Crippen molar-refractivity contribution < 1.29 is 27.0 Å². The van der Waals surface area contributed by atoms with Crippen molar-refractivity contribution in [3.8, 4) is 5.75 Å². The Bertz CT molecular complexity index is 1270. The molecule has 3 aromatic rings. The summed E-state index contributed by atoms with van der Waals surface area (Å²) >= 11 is 0. The molecule has 0 saturated carbocycles. The lowest BCUT2D eigenvalue weighted by atomic mass is 10.0. The van der Waals surface area contributed by atoms with Crippen LogP contribution in [0.5, 0.6) is 5.75 Å². The van der Waals surface area contributed by atoms with Crippen LogP contribution in [0, 0.1) is 5.82 Å². The molecule has 0 aromatic heterocycles. The molecule has 204 valence electrons. The first-order valence-corrected chi connectivity index (χ1v) is 14.3. The zero-order valence-electron chi connectivity index (χ0n) is 21.6. The summed E-state index contributed by atoms with van der Waals surface area (Å²) in [6, 6.07) is 20.5. The summed E-state index contributed by atoms with van der Waals surface area (Å²) in [7, 11) is -4.17. The summed E-state index contributed by atoms with van der Waals surface area (Å²) < 4.78 is 61.5. The van der Waals surface area contributed by atoms with Gasteiger partial charge in [-0.2, -0.15) is 4.31 Å². The van der Waals surface area contributed by atoms with Crippen molar-refractivity contribution in [3.05, 3.63) is 95.3 Å². The van der Waals surface area contributed by atoms with Crippen molar-refractivity contribution in [2.75, 3.05) is 39.5 Å². The van der Waals surface area contributed by atoms with Crippen molar-refractivity contribution in [2.45, 2.75) is 37.4 Å². The van der Waals surface area contributed by atoms with Crippen molar-refractivity contribution in [2.24, 2.45) is 0 Å². The van der Waals surface area contributed by atoms with Crippen LogP contribution >= 0.6 is 0 Å². The number of benzene rings is 3. The number of hydrogen-bond donors (Lipinski definition) is 1. The minimum atomic E-state index is -4.17. The molecule has 0 fully saturated rings. The van der Waals surface area contributed by atoms with Crippen LogP contribution in [0.3, 0.4) is 0 Å². The topological polar surface area (TPSA) is 77.1 Å². The van der Waals surface area contributed by atoms with E-state index in [1.54, 1.807) is 0 Å². The lowest BCUT2D eigenvalue weighted by Crippen LogP contribution is -2.45. The zero-order valence-corrected chi connectivity index (χ0v) is 22.5. The molecule has 9 heteroatoms. The molecule has 1 N–H and O–H groups in total. The second kappa shape index (κ2) is 13.8. The first-order chi connectivity index (χ1) is 18.5. The van der Waals surface area contributed by atoms with Gasteiger partial charge in [0, 0.05) is 26.2 Å². The Kier molecular flexibility index (Phi) is 10.3. The highest BCUT2D eigenvalue weighted by molar-refractivity contribution is 7.89. The van der Waals surface area contributed by atoms with Crippen LogP contribution in [0.4, 0.5) is 4.39 Å². The molecule has 1 aliphatic rings. The van der Waals surface area contributed by atoms with Gasteiger partial charge in [-0.15, -0.1) is 0 Å². The van der Waals surface area contributed by atoms with Crippen molar-refractivity contribution in [1.82, 2.24) is 9.62 Å². The Morgan fingerprint density at radius 2 is 1.74 bits per heavy atom. The lowest BCUT2D eigenvalue weighted by Gasteiger charge is -2.34. The summed E-state index contributed by atoms with van der Waals surface area (Å²) in [5.74, 6) is -0.526. The first-order valence-electron chi connectivity index (χ1n) is 12.9. The highest BCUT2D eigenvalue weighted by Crippen LogP contribution is 2.32. The molecule has 4 rings (SSSR count). The van der Waals surface area contributed by atoms with Gasteiger partial charge in [0.1, 0.15) is 23.1 Å². The van der Waals surface area contributed by atoms with Crippen LogP contribution in [-0.4, -0.2) is 58.3 Å². The molecule has 7 nitrogen and oxygen atoms in total. The monoisotopic (exact) mass is 542 g/mol. The summed E-state index contributed by atoms with van der Waals surface area (Å²) in [4.78, 5) is -0.192. The average Bonchev–Trinajstić information content (AvgIpc) is 2.91. The van der Waals surface area contributed by atoms with E-state index in [-0.39, 0.29) is 30.4 Å². The highest BCUT2D eigenvalue weighted by Gasteiger charge is 2.36. The molecule has 38 heavy (non-hydrogen) atoms. The van der Waals surface area contributed by atoms with Gasteiger partial charge in [0.25, 0.3) is 0 Å². The maximum Gasteiger partial charge on any atom is 0.247 e. The average molecular weight is 543 g/mol. The third-order valence-electron chi connectivity index (χ3n) is 6.39. The Morgan fingerprint density at radius 3 is 2.53 bits per heavy atom. The fourth-order valence-electron chi connectivity index (χ4n) is 4.44. The van der Waals surface area contributed by atoms with Gasteiger partial charge < -0.3 is 19.5 Å². The van der Waals surface area contributed by atoms with Crippen molar-refractivity contribution >= 4 is 10.0 Å². The molecule has 1 atom stereocenters. The molecule has 3 aromatic carbocycles. The van der Waals surface area contributed by atoms with E-state index in [4.69, 9.17) is 14.2 Å². The number of ether oxygens (including phenoxy) is 3. The predicted molar refractivity (Wildman–Crippen MR) is 144 cm³/mol. The minimum absolute atomic E-state index is 0.118. The number of rotatable bonds is 12. The van der Waals surface area contributed by atoms with E-state index in [1.165, 1.54) is 16.4 Å². The third kappa shape index (κ3) is 7.39. The molecule has 0 spiro atoms. The molecule has 0 saturated heterocycles. The van der Waals surface area contributed by atoms with E-state index in [1.807, 2.05) is 61.5 Å². The number of nitrogens with one attached hydrogen (secondary N) is 1. The van der Waals surface area contributed by atoms with Crippen LogP contribution in [0.1, 0.15) is 23.6 Å². The molecule has 1 heterocycles. The molecule has 0 bridgehead atoms. The standard InChI is InChI=1S/C29H35FN2O5S/c1-2-35-16-14-31-15-17-37-28-13-12-26(30)19-29(28)38(33,34)32-20-24-10-6-7-11-25(24)21-36-22-27(32)18-23-8-4-3-5-9-23/h3-13,19,27,31H,2,14-18,20-22H2,1H3. The summed E-state index contributed by atoms with van der Waals surface area (Å²) in [5.41, 5.74) is 2.77. The molecule has 1 unspecified atom stereocenters. The van der Waals surface area contributed by atoms with Gasteiger partial charge in [0.15, 0.2) is 0 Å². The fraction of sp³-hybridized carbons (Fsp3) is 0.379. The maximum absolute atomic E-state index is 14.4. The largest absolute Gasteiger partial charge is 0.491 e. The molecule has 0 aliphatic carbocycles. The van der Waals surface area contributed by atoms with Gasteiger partial charge in [-0.05, 0) is 48.2 Å². The summed E-state index contributed by atoms with van der Waals surface area (Å²) in [5, 5.41) is 3.18. The SMILES string of the molecule is CCOCCNCCOc1ccc(F)cc1S(=O)(=O)N1Cc2ccccc2COCC1Cc1ccccc1.